The maximum Gasteiger partial charge on any atom is 0.411 e. The van der Waals surface area contributed by atoms with Crippen LogP contribution in [0.2, 0.25) is 0 Å². The van der Waals surface area contributed by atoms with E-state index in [1.807, 2.05) is 0 Å². The molecule has 0 unspecified atom stereocenters. The van der Waals surface area contributed by atoms with Crippen molar-refractivity contribution in [3.8, 4) is 0 Å². The quantitative estimate of drug-likeness (QED) is 0.485. The van der Waals surface area contributed by atoms with Crippen molar-refractivity contribution in [2.45, 2.75) is 41.6 Å². The van der Waals surface area contributed by atoms with E-state index in [0.29, 0.717) is 0 Å². The van der Waals surface area contributed by atoms with Crippen molar-refractivity contribution < 1.29 is 30.9 Å². The van der Waals surface area contributed by atoms with E-state index in [1.54, 1.807) is 13.8 Å². The van der Waals surface area contributed by atoms with Gasteiger partial charge >= 0.3 is 6.09 Å². The van der Waals surface area contributed by atoms with Crippen LogP contribution in [0.3, 0.4) is 0 Å². The topological polar surface area (TPSA) is 153 Å². The van der Waals surface area contributed by atoms with Crippen LogP contribution in [0.15, 0.2) is 51.1 Å². The average Bonchev–Trinajstić information content (AvgIpc) is 2.54. The number of amides is 1. The number of ether oxygens (including phenoxy) is 1. The van der Waals surface area contributed by atoms with Crippen LogP contribution in [0, 0.1) is 6.92 Å². The van der Waals surface area contributed by atoms with E-state index >= 15 is 0 Å². The third-order valence-electron chi connectivity index (χ3n) is 3.64. The lowest BCUT2D eigenvalue weighted by Gasteiger charge is -2.13. The molecule has 0 bridgehead atoms. The highest BCUT2D eigenvalue weighted by Gasteiger charge is 2.24. The summed E-state index contributed by atoms with van der Waals surface area (Å²) in [6, 6.07) is 7.14. The number of rotatable bonds is 5. The highest BCUT2D eigenvalue weighted by molar-refractivity contribution is 7.91. The third-order valence-corrected chi connectivity index (χ3v) is 6.44. The molecule has 0 saturated carbocycles. The summed E-state index contributed by atoms with van der Waals surface area (Å²) < 4.78 is 63.1. The first-order chi connectivity index (χ1) is 12.8. The Morgan fingerprint density at radius 1 is 1.07 bits per heavy atom. The lowest BCUT2D eigenvalue weighted by atomic mass is 10.2. The molecule has 1 amide bonds. The van der Waals surface area contributed by atoms with Gasteiger partial charge in [-0.15, -0.1) is 0 Å². The summed E-state index contributed by atoms with van der Waals surface area (Å²) in [6.07, 6.45) is -1.14. The van der Waals surface area contributed by atoms with Gasteiger partial charge in [0.1, 0.15) is 0 Å². The molecule has 9 nitrogen and oxygen atoms in total. The van der Waals surface area contributed by atoms with Gasteiger partial charge in [0.05, 0.1) is 26.5 Å². The molecule has 152 valence electrons. The molecule has 0 aromatic heterocycles. The summed E-state index contributed by atoms with van der Waals surface area (Å²) in [6.45, 7) is 4.73. The number of carbonyl (C=O) groups is 1. The second-order valence-electron chi connectivity index (χ2n) is 6.24. The predicted molar refractivity (Wildman–Crippen MR) is 103 cm³/mol. The number of aryl methyl sites for hydroxylation is 1. The van der Waals surface area contributed by atoms with Crippen molar-refractivity contribution in [3.05, 3.63) is 42.0 Å². The molecule has 0 saturated heterocycles. The monoisotopic (exact) mass is 428 g/mol. The number of hydrogen-bond donors (Lipinski definition) is 3. The van der Waals surface area contributed by atoms with Gasteiger partial charge in [-0.2, -0.15) is 8.42 Å². The maximum absolute atomic E-state index is 13.0. The third kappa shape index (κ3) is 4.80. The van der Waals surface area contributed by atoms with Gasteiger partial charge in [0.15, 0.2) is 0 Å². The van der Waals surface area contributed by atoms with Crippen molar-refractivity contribution in [2.75, 3.05) is 11.1 Å². The standard InChI is InChI=1S/C17H20N2O7S2/c1-10(2)26-17(20)19-12-5-7-14(18)16(8-12)27(21,22)13-6-4-11(3)15(9-13)28(23,24)25/h4-10H,18H2,1-3H3,(H,19,20)(H,23,24,25). The van der Waals surface area contributed by atoms with Crippen LogP contribution in [-0.2, 0) is 24.7 Å². The van der Waals surface area contributed by atoms with Gasteiger partial charge < -0.3 is 10.5 Å². The number of carbonyl (C=O) groups excluding carboxylic acids is 1. The highest BCUT2D eigenvalue weighted by atomic mass is 32.2. The second-order valence-corrected chi connectivity index (χ2v) is 9.55. The van der Waals surface area contributed by atoms with Crippen LogP contribution in [0.4, 0.5) is 16.2 Å². The molecule has 2 aromatic carbocycles. The number of nitrogens with two attached hydrogens (primary N) is 1. The Labute approximate surface area is 163 Å². The number of nitrogen functional groups attached to an aromatic ring is 1. The van der Waals surface area contributed by atoms with Crippen LogP contribution < -0.4 is 11.1 Å². The van der Waals surface area contributed by atoms with Crippen molar-refractivity contribution >= 4 is 37.4 Å². The van der Waals surface area contributed by atoms with Crippen LogP contribution in [0.25, 0.3) is 0 Å². The molecule has 0 fully saturated rings. The van der Waals surface area contributed by atoms with Crippen LogP contribution >= 0.6 is 0 Å². The minimum atomic E-state index is -4.61. The summed E-state index contributed by atoms with van der Waals surface area (Å²) in [5.74, 6) is 0. The average molecular weight is 428 g/mol. The fourth-order valence-corrected chi connectivity index (χ4v) is 4.62. The fourth-order valence-electron chi connectivity index (χ4n) is 2.36. The van der Waals surface area contributed by atoms with E-state index < -0.39 is 30.9 Å². The summed E-state index contributed by atoms with van der Waals surface area (Å²) in [7, 11) is -8.86. The van der Waals surface area contributed by atoms with Gasteiger partial charge in [0.25, 0.3) is 10.1 Å². The number of nitrogens with one attached hydrogen (secondary N) is 1. The molecule has 0 aliphatic rings. The van der Waals surface area contributed by atoms with Gasteiger partial charge in [-0.25, -0.2) is 13.2 Å². The van der Waals surface area contributed by atoms with Gasteiger partial charge in [-0.1, -0.05) is 6.07 Å². The van der Waals surface area contributed by atoms with Crippen molar-refractivity contribution in [1.29, 1.82) is 0 Å². The molecular weight excluding hydrogens is 408 g/mol. The highest BCUT2D eigenvalue weighted by Crippen LogP contribution is 2.30. The minimum absolute atomic E-state index is 0.100. The van der Waals surface area contributed by atoms with E-state index in [0.717, 1.165) is 12.1 Å². The van der Waals surface area contributed by atoms with Gasteiger partial charge in [0.2, 0.25) is 9.84 Å². The minimum Gasteiger partial charge on any atom is -0.447 e. The van der Waals surface area contributed by atoms with E-state index in [1.165, 1.54) is 31.2 Å². The lowest BCUT2D eigenvalue weighted by Crippen LogP contribution is -2.18. The Morgan fingerprint density at radius 3 is 2.29 bits per heavy atom. The van der Waals surface area contributed by atoms with Gasteiger partial charge in [-0.3, -0.25) is 9.87 Å². The first-order valence-corrected chi connectivity index (χ1v) is 10.9. The zero-order valence-electron chi connectivity index (χ0n) is 15.3. The molecule has 11 heteroatoms. The number of anilines is 2. The lowest BCUT2D eigenvalue weighted by molar-refractivity contribution is 0.130. The summed E-state index contributed by atoms with van der Waals surface area (Å²) >= 11 is 0. The predicted octanol–water partition coefficient (Wildman–Crippen LogP) is 2.61. The Balaban J connectivity index is 2.52. The number of benzene rings is 2. The first-order valence-electron chi connectivity index (χ1n) is 8.03. The zero-order valence-corrected chi connectivity index (χ0v) is 17.0. The molecule has 0 radical (unpaired) electrons. The second kappa shape index (κ2) is 7.78. The maximum atomic E-state index is 13.0. The van der Waals surface area contributed by atoms with E-state index in [2.05, 4.69) is 5.32 Å². The largest absolute Gasteiger partial charge is 0.447 e. The Hall–Kier alpha value is -2.63. The van der Waals surface area contributed by atoms with E-state index in [9.17, 15) is 26.2 Å². The molecule has 2 rings (SSSR count). The molecule has 0 heterocycles. The Morgan fingerprint density at radius 2 is 1.71 bits per heavy atom. The smallest absolute Gasteiger partial charge is 0.411 e. The Bertz CT molecular complexity index is 1120. The summed E-state index contributed by atoms with van der Waals surface area (Å²) in [5.41, 5.74) is 5.99. The first kappa shape index (κ1) is 21.7. The van der Waals surface area contributed by atoms with Crippen LogP contribution in [0.5, 0.6) is 0 Å². The summed E-state index contributed by atoms with van der Waals surface area (Å²) in [5, 5.41) is 2.39. The number of hydrogen-bond acceptors (Lipinski definition) is 7. The van der Waals surface area contributed by atoms with E-state index in [4.69, 9.17) is 10.5 Å². The van der Waals surface area contributed by atoms with Gasteiger partial charge in [0, 0.05) is 5.69 Å². The van der Waals surface area contributed by atoms with Crippen molar-refractivity contribution in [3.63, 3.8) is 0 Å². The molecule has 4 N–H and O–H groups in total. The molecule has 2 aromatic rings. The zero-order chi connectivity index (χ0) is 21.3. The van der Waals surface area contributed by atoms with Crippen LogP contribution in [-0.4, -0.2) is 33.6 Å². The van der Waals surface area contributed by atoms with Gasteiger partial charge in [-0.05, 0) is 56.7 Å². The van der Waals surface area contributed by atoms with E-state index in [-0.39, 0.29) is 32.8 Å². The molecular formula is C17H20N2O7S2. The molecule has 0 aliphatic carbocycles. The van der Waals surface area contributed by atoms with Crippen molar-refractivity contribution in [1.82, 2.24) is 0 Å². The Kier molecular flexibility index (Phi) is 6.02. The fraction of sp³-hybridized carbons (Fsp3) is 0.235. The van der Waals surface area contributed by atoms with Crippen molar-refractivity contribution in [2.24, 2.45) is 0 Å². The molecule has 28 heavy (non-hydrogen) atoms. The molecule has 0 atom stereocenters. The summed E-state index contributed by atoms with van der Waals surface area (Å²) in [4.78, 5) is 10.5. The SMILES string of the molecule is Cc1ccc(S(=O)(=O)c2cc(NC(=O)OC(C)C)ccc2N)cc1S(=O)(=O)O. The molecule has 0 aliphatic heterocycles. The molecule has 0 spiro atoms. The van der Waals surface area contributed by atoms with Crippen LogP contribution in [0.1, 0.15) is 19.4 Å². The number of sulfone groups is 1. The normalized spacial score (nSPS) is 12.0.